The van der Waals surface area contributed by atoms with E-state index in [0.717, 1.165) is 51.4 Å². The van der Waals surface area contributed by atoms with Gasteiger partial charge in [-0.25, -0.2) is 18.0 Å². The van der Waals surface area contributed by atoms with E-state index in [2.05, 4.69) is 30.6 Å². The van der Waals surface area contributed by atoms with Crippen molar-refractivity contribution in [3.8, 4) is 0 Å². The van der Waals surface area contributed by atoms with Crippen LogP contribution in [0.1, 0.15) is 145 Å². The second-order valence-electron chi connectivity index (χ2n) is 9.96. The SMILES string of the molecule is CCCCCCCCCCCCOS(=O)(=O)OC(=O)/C=C\C(=O)OS(=O)(=O)OCCCCCCCCCCCC.[H-].[H-].[Na+].[Na+]. The topological polar surface area (TPSA) is 139 Å². The predicted octanol–water partition coefficient (Wildman–Crippen LogP) is 1.23. The monoisotopic (exact) mass is 660 g/mol. The summed E-state index contributed by atoms with van der Waals surface area (Å²) < 4.78 is 64.5. The van der Waals surface area contributed by atoms with Crippen LogP contribution in [0.4, 0.5) is 0 Å². The molecule has 240 valence electrons. The first-order valence-electron chi connectivity index (χ1n) is 15.1. The van der Waals surface area contributed by atoms with Crippen LogP contribution >= 0.6 is 0 Å². The maximum absolute atomic E-state index is 11.7. The average Bonchev–Trinajstić information content (AvgIpc) is 2.88. The number of hydrogen-bond donors (Lipinski definition) is 0. The first kappa shape index (κ1) is 46.9. The van der Waals surface area contributed by atoms with Gasteiger partial charge in [0.25, 0.3) is 0 Å². The summed E-state index contributed by atoms with van der Waals surface area (Å²) in [5.74, 6) is -2.85. The van der Waals surface area contributed by atoms with Gasteiger partial charge in [0.1, 0.15) is 0 Å². The van der Waals surface area contributed by atoms with Gasteiger partial charge in [0.2, 0.25) is 0 Å². The van der Waals surface area contributed by atoms with Gasteiger partial charge in [-0.05, 0) is 12.8 Å². The third-order valence-corrected chi connectivity index (χ3v) is 7.82. The van der Waals surface area contributed by atoms with Crippen LogP contribution in [-0.2, 0) is 47.1 Å². The number of unbranched alkanes of at least 4 members (excludes halogenated alkanes) is 18. The van der Waals surface area contributed by atoms with E-state index >= 15 is 0 Å². The molecule has 0 bridgehead atoms. The van der Waals surface area contributed by atoms with E-state index in [-0.39, 0.29) is 75.2 Å². The Hall–Kier alpha value is 0.500. The molecule has 0 N–H and O–H groups in total. The third-order valence-electron chi connectivity index (χ3n) is 6.18. The Morgan fingerprint density at radius 1 is 0.476 bits per heavy atom. The molecular formula is C28H54Na2O10S2. The molecular weight excluding hydrogens is 606 g/mol. The van der Waals surface area contributed by atoms with E-state index < -0.39 is 32.7 Å². The van der Waals surface area contributed by atoms with Crippen LogP contribution in [0.3, 0.4) is 0 Å². The Bertz CT molecular complexity index is 834. The molecule has 0 unspecified atom stereocenters. The Labute approximate surface area is 303 Å². The molecule has 0 amide bonds. The Morgan fingerprint density at radius 3 is 0.976 bits per heavy atom. The first-order valence-corrected chi connectivity index (χ1v) is 17.7. The van der Waals surface area contributed by atoms with E-state index in [4.69, 9.17) is 0 Å². The zero-order chi connectivity index (χ0) is 30.0. The molecule has 10 nitrogen and oxygen atoms in total. The summed E-state index contributed by atoms with van der Waals surface area (Å²) in [6.45, 7) is 4.10. The molecule has 0 aliphatic heterocycles. The molecule has 0 atom stereocenters. The van der Waals surface area contributed by atoms with Gasteiger partial charge < -0.3 is 11.2 Å². The minimum atomic E-state index is -4.60. The molecule has 0 aliphatic rings. The van der Waals surface area contributed by atoms with Gasteiger partial charge in [0, 0.05) is 12.2 Å². The molecule has 0 saturated heterocycles. The minimum Gasteiger partial charge on any atom is -1.00 e. The van der Waals surface area contributed by atoms with Crippen LogP contribution in [0.25, 0.3) is 0 Å². The maximum atomic E-state index is 11.7. The van der Waals surface area contributed by atoms with Crippen LogP contribution in [0.5, 0.6) is 0 Å². The van der Waals surface area contributed by atoms with Crippen LogP contribution in [0.15, 0.2) is 12.2 Å². The zero-order valence-electron chi connectivity index (χ0n) is 28.6. The Morgan fingerprint density at radius 2 is 0.714 bits per heavy atom. The number of carbonyl (C=O) groups is 2. The van der Waals surface area contributed by atoms with Crippen LogP contribution in [-0.4, -0.2) is 42.0 Å². The third kappa shape index (κ3) is 33.4. The quantitative estimate of drug-likeness (QED) is 0.0684. The summed E-state index contributed by atoms with van der Waals surface area (Å²) >= 11 is 0. The molecule has 42 heavy (non-hydrogen) atoms. The molecule has 0 aliphatic carbocycles. The minimum absolute atomic E-state index is 0. The summed E-state index contributed by atoms with van der Waals surface area (Å²) in [5.41, 5.74) is 0. The van der Waals surface area contributed by atoms with E-state index in [1.54, 1.807) is 0 Å². The van der Waals surface area contributed by atoms with E-state index in [1.165, 1.54) is 64.2 Å². The van der Waals surface area contributed by atoms with Gasteiger partial charge >= 0.3 is 91.9 Å². The van der Waals surface area contributed by atoms with Crippen LogP contribution < -0.4 is 59.1 Å². The van der Waals surface area contributed by atoms with Crippen molar-refractivity contribution in [2.45, 2.75) is 142 Å². The van der Waals surface area contributed by atoms with Crippen molar-refractivity contribution in [2.24, 2.45) is 0 Å². The Kier molecular flexibility index (Phi) is 35.2. The van der Waals surface area contributed by atoms with Gasteiger partial charge in [0.05, 0.1) is 13.2 Å². The molecule has 0 heterocycles. The van der Waals surface area contributed by atoms with Crippen molar-refractivity contribution >= 4 is 32.7 Å². The fraction of sp³-hybridized carbons (Fsp3) is 0.857. The Balaban J connectivity index is -0.00000127. The fourth-order valence-corrected chi connectivity index (χ4v) is 5.20. The van der Waals surface area contributed by atoms with E-state index in [1.807, 2.05) is 0 Å². The van der Waals surface area contributed by atoms with Crippen molar-refractivity contribution in [2.75, 3.05) is 13.2 Å². The van der Waals surface area contributed by atoms with Gasteiger partial charge in [-0.15, -0.1) is 0 Å². The number of hydrogen-bond acceptors (Lipinski definition) is 10. The molecule has 0 rings (SSSR count). The van der Waals surface area contributed by atoms with Crippen molar-refractivity contribution in [1.29, 1.82) is 0 Å². The standard InChI is InChI=1S/C28H52O10S2.2Na.2H/c1-3-5-7-9-11-13-15-17-19-21-25-35-39(31,32)37-27(29)23-24-28(30)38-40(33,34)36-26-22-20-18-16-14-12-10-8-6-4-2;;;;/h23-24H,3-22,25-26H2,1-2H3;;;;/q;2*+1;2*-1/b24-23-;;;;. The van der Waals surface area contributed by atoms with Gasteiger partial charge in [0.15, 0.2) is 0 Å². The zero-order valence-corrected chi connectivity index (χ0v) is 32.2. The summed E-state index contributed by atoms with van der Waals surface area (Å²) in [6, 6.07) is 0. The van der Waals surface area contributed by atoms with Crippen molar-refractivity contribution in [3.05, 3.63) is 12.2 Å². The molecule has 0 radical (unpaired) electrons. The van der Waals surface area contributed by atoms with Crippen molar-refractivity contribution in [1.82, 2.24) is 0 Å². The van der Waals surface area contributed by atoms with Crippen molar-refractivity contribution in [3.63, 3.8) is 0 Å². The smallest absolute Gasteiger partial charge is 1.00 e. The second-order valence-corrected chi connectivity index (χ2v) is 12.4. The molecule has 0 spiro atoms. The van der Waals surface area contributed by atoms with Crippen LogP contribution in [0, 0.1) is 0 Å². The van der Waals surface area contributed by atoms with Crippen LogP contribution in [0.2, 0.25) is 0 Å². The average molecular weight is 661 g/mol. The van der Waals surface area contributed by atoms with Crippen molar-refractivity contribution < 1.29 is 105 Å². The summed E-state index contributed by atoms with van der Waals surface area (Å²) in [6.07, 6.45) is 22.3. The summed E-state index contributed by atoms with van der Waals surface area (Å²) in [4.78, 5) is 23.3. The summed E-state index contributed by atoms with van der Waals surface area (Å²) in [5, 5.41) is 0. The molecule has 14 heteroatoms. The molecule has 0 fully saturated rings. The van der Waals surface area contributed by atoms with E-state index in [0.29, 0.717) is 25.0 Å². The fourth-order valence-electron chi connectivity index (χ4n) is 3.94. The second kappa shape index (κ2) is 31.5. The number of carbonyl (C=O) groups excluding carboxylic acids is 2. The molecule has 0 saturated carbocycles. The predicted molar refractivity (Wildman–Crippen MR) is 157 cm³/mol. The molecule has 0 aromatic carbocycles. The molecule has 0 aromatic heterocycles. The van der Waals surface area contributed by atoms with Gasteiger partial charge in [-0.1, -0.05) is 129 Å². The molecule has 0 aromatic rings. The first-order chi connectivity index (χ1) is 19.1. The van der Waals surface area contributed by atoms with Gasteiger partial charge in [-0.2, -0.15) is 16.8 Å². The van der Waals surface area contributed by atoms with Gasteiger partial charge in [-0.3, -0.25) is 0 Å². The largest absolute Gasteiger partial charge is 1.00 e. The maximum Gasteiger partial charge on any atom is 1.00 e. The van der Waals surface area contributed by atoms with E-state index in [9.17, 15) is 26.4 Å². The normalized spacial score (nSPS) is 11.6. The summed E-state index contributed by atoms with van der Waals surface area (Å²) in [7, 11) is -9.20. The number of rotatable bonds is 28.